The largest absolute Gasteiger partial charge is 0.465 e. The second-order valence-corrected chi connectivity index (χ2v) is 2.72. The normalized spacial score (nSPS) is 25.9. The molecule has 0 aromatic carbocycles. The molecule has 1 aliphatic heterocycles. The van der Waals surface area contributed by atoms with Gasteiger partial charge in [-0.2, -0.15) is 0 Å². The van der Waals surface area contributed by atoms with Gasteiger partial charge in [0.15, 0.2) is 0 Å². The highest BCUT2D eigenvalue weighted by Crippen LogP contribution is 2.12. The molecule has 0 aromatic heterocycles. The van der Waals surface area contributed by atoms with Crippen LogP contribution in [0.2, 0.25) is 0 Å². The van der Waals surface area contributed by atoms with E-state index in [1.54, 1.807) is 6.92 Å². The maximum atomic E-state index is 11.3. The molecule has 1 rings (SSSR count). The number of nitrogens with zero attached hydrogens (tertiary/aromatic N) is 1. The molecule has 1 atom stereocenters. The van der Waals surface area contributed by atoms with Crippen LogP contribution in [0.25, 0.3) is 0 Å². The van der Waals surface area contributed by atoms with E-state index in [9.17, 15) is 4.79 Å². The fraction of sp³-hybridized carbons (Fsp3) is 0.750. The quantitative estimate of drug-likeness (QED) is 0.386. The van der Waals surface area contributed by atoms with Crippen molar-refractivity contribution in [2.45, 2.75) is 13.3 Å². The van der Waals surface area contributed by atoms with Crippen LogP contribution in [0.5, 0.6) is 0 Å². The third-order valence-electron chi connectivity index (χ3n) is 1.89. The molecule has 0 radical (unpaired) electrons. The van der Waals surface area contributed by atoms with Crippen LogP contribution in [0.4, 0.5) is 0 Å². The first-order chi connectivity index (χ1) is 6.29. The van der Waals surface area contributed by atoms with Crippen molar-refractivity contribution < 1.29 is 19.5 Å². The Kier molecular flexibility index (Phi) is 3.70. The van der Waals surface area contributed by atoms with Crippen molar-refractivity contribution in [3.05, 3.63) is 0 Å². The molecule has 0 aromatic rings. The lowest BCUT2D eigenvalue weighted by Gasteiger charge is -2.21. The summed E-state index contributed by atoms with van der Waals surface area (Å²) in [6, 6.07) is 0. The van der Waals surface area contributed by atoms with Crippen molar-refractivity contribution >= 4 is 11.7 Å². The van der Waals surface area contributed by atoms with Gasteiger partial charge in [0.25, 0.3) is 0 Å². The Labute approximate surface area is 76.3 Å². The molecule has 13 heavy (non-hydrogen) atoms. The maximum absolute atomic E-state index is 11.3. The molecule has 1 heterocycles. The number of hydrogen-bond acceptors (Lipinski definition) is 5. The Bertz CT molecular complexity index is 214. The van der Waals surface area contributed by atoms with Crippen LogP contribution in [-0.2, 0) is 14.3 Å². The van der Waals surface area contributed by atoms with Crippen molar-refractivity contribution in [2.24, 2.45) is 11.1 Å². The van der Waals surface area contributed by atoms with E-state index in [-0.39, 0.29) is 12.6 Å². The third-order valence-corrected chi connectivity index (χ3v) is 1.89. The van der Waals surface area contributed by atoms with Gasteiger partial charge in [0.05, 0.1) is 25.5 Å². The molecule has 74 valence electrons. The molecule has 1 saturated heterocycles. The second-order valence-electron chi connectivity index (χ2n) is 2.72. The average molecular weight is 187 g/mol. The number of rotatable bonds is 2. The zero-order valence-corrected chi connectivity index (χ0v) is 7.52. The van der Waals surface area contributed by atoms with E-state index in [1.165, 1.54) is 0 Å². The summed E-state index contributed by atoms with van der Waals surface area (Å²) in [7, 11) is 0. The molecular formula is C8H13NO4. The topological polar surface area (TPSA) is 68.1 Å². The van der Waals surface area contributed by atoms with Crippen LogP contribution in [-0.4, -0.2) is 36.7 Å². The smallest absolute Gasteiger partial charge is 0.317 e. The molecule has 0 spiro atoms. The number of hydrogen-bond donors (Lipinski definition) is 1. The summed E-state index contributed by atoms with van der Waals surface area (Å²) in [6.45, 7) is 2.80. The van der Waals surface area contributed by atoms with E-state index in [4.69, 9.17) is 14.7 Å². The van der Waals surface area contributed by atoms with E-state index in [0.29, 0.717) is 25.3 Å². The zero-order valence-electron chi connectivity index (χ0n) is 7.52. The number of carbonyl (C=O) groups is 1. The van der Waals surface area contributed by atoms with Crippen molar-refractivity contribution in [1.82, 2.24) is 0 Å². The van der Waals surface area contributed by atoms with Gasteiger partial charge in [0.1, 0.15) is 5.92 Å². The molecule has 0 aliphatic carbocycles. The highest BCUT2D eigenvalue weighted by Gasteiger charge is 2.29. The Hall–Kier alpha value is -1.10. The van der Waals surface area contributed by atoms with Crippen molar-refractivity contribution in [3.63, 3.8) is 0 Å². The van der Waals surface area contributed by atoms with Gasteiger partial charge in [0.2, 0.25) is 0 Å². The number of carbonyl (C=O) groups excluding carboxylic acids is 1. The Morgan fingerprint density at radius 1 is 1.85 bits per heavy atom. The number of esters is 1. The predicted molar refractivity (Wildman–Crippen MR) is 44.8 cm³/mol. The number of oxime groups is 1. The summed E-state index contributed by atoms with van der Waals surface area (Å²) >= 11 is 0. The minimum absolute atomic E-state index is 0.248. The monoisotopic (exact) mass is 187 g/mol. The summed E-state index contributed by atoms with van der Waals surface area (Å²) in [4.78, 5) is 11.3. The molecule has 0 bridgehead atoms. The van der Waals surface area contributed by atoms with Gasteiger partial charge in [-0.3, -0.25) is 4.79 Å². The van der Waals surface area contributed by atoms with Crippen LogP contribution in [0.1, 0.15) is 13.3 Å². The highest BCUT2D eigenvalue weighted by atomic mass is 16.5. The second kappa shape index (κ2) is 4.81. The standard InChI is InChI=1S/C8H13NO4/c1-2-13-8(10)6-5-12-4-3-7(6)9-11/h6,11H,2-5H2,1H3/b9-7-. The van der Waals surface area contributed by atoms with Crippen molar-refractivity contribution in [1.29, 1.82) is 0 Å². The Morgan fingerprint density at radius 2 is 2.62 bits per heavy atom. The molecule has 1 N–H and O–H groups in total. The maximum Gasteiger partial charge on any atom is 0.317 e. The van der Waals surface area contributed by atoms with Gasteiger partial charge in [-0.05, 0) is 6.92 Å². The van der Waals surface area contributed by atoms with Gasteiger partial charge in [-0.15, -0.1) is 0 Å². The first kappa shape index (κ1) is 9.98. The van der Waals surface area contributed by atoms with Crippen LogP contribution in [0.15, 0.2) is 5.16 Å². The van der Waals surface area contributed by atoms with E-state index in [1.807, 2.05) is 0 Å². The third kappa shape index (κ3) is 2.42. The van der Waals surface area contributed by atoms with E-state index in [0.717, 1.165) is 0 Å². The van der Waals surface area contributed by atoms with Crippen molar-refractivity contribution in [3.8, 4) is 0 Å². The van der Waals surface area contributed by atoms with Gasteiger partial charge in [-0.1, -0.05) is 5.16 Å². The molecule has 0 saturated carbocycles. The zero-order chi connectivity index (χ0) is 9.68. The molecule has 1 aliphatic rings. The van der Waals surface area contributed by atoms with Crippen LogP contribution >= 0.6 is 0 Å². The van der Waals surface area contributed by atoms with Crippen LogP contribution < -0.4 is 0 Å². The molecule has 1 fully saturated rings. The summed E-state index contributed by atoms with van der Waals surface area (Å²) < 4.78 is 9.89. The van der Waals surface area contributed by atoms with E-state index >= 15 is 0 Å². The first-order valence-electron chi connectivity index (χ1n) is 4.24. The highest BCUT2D eigenvalue weighted by molar-refractivity contribution is 6.02. The molecule has 5 nitrogen and oxygen atoms in total. The lowest BCUT2D eigenvalue weighted by Crippen LogP contribution is -2.35. The molecule has 0 amide bonds. The first-order valence-corrected chi connectivity index (χ1v) is 4.24. The SMILES string of the molecule is CCOC(=O)C1COCC/C1=N/O. The molecular weight excluding hydrogens is 174 g/mol. The predicted octanol–water partition coefficient (Wildman–Crippen LogP) is 0.416. The number of ether oxygens (including phenoxy) is 2. The minimum Gasteiger partial charge on any atom is -0.465 e. The Morgan fingerprint density at radius 3 is 3.23 bits per heavy atom. The van der Waals surface area contributed by atoms with Crippen molar-refractivity contribution in [2.75, 3.05) is 19.8 Å². The fourth-order valence-electron chi connectivity index (χ4n) is 1.21. The minimum atomic E-state index is -0.529. The summed E-state index contributed by atoms with van der Waals surface area (Å²) in [6.07, 6.45) is 0.486. The van der Waals surface area contributed by atoms with Gasteiger partial charge >= 0.3 is 5.97 Å². The molecule has 5 heteroatoms. The lowest BCUT2D eigenvalue weighted by atomic mass is 10.00. The summed E-state index contributed by atoms with van der Waals surface area (Å²) in [5.41, 5.74) is 0.449. The van der Waals surface area contributed by atoms with Gasteiger partial charge in [-0.25, -0.2) is 0 Å². The van der Waals surface area contributed by atoms with Crippen LogP contribution in [0, 0.1) is 5.92 Å². The van der Waals surface area contributed by atoms with Gasteiger partial charge < -0.3 is 14.7 Å². The van der Waals surface area contributed by atoms with E-state index < -0.39 is 5.92 Å². The van der Waals surface area contributed by atoms with Gasteiger partial charge in [0, 0.05) is 6.42 Å². The lowest BCUT2D eigenvalue weighted by molar-refractivity contribution is -0.147. The summed E-state index contributed by atoms with van der Waals surface area (Å²) in [5, 5.41) is 11.7. The fourth-order valence-corrected chi connectivity index (χ4v) is 1.21. The summed E-state index contributed by atoms with van der Waals surface area (Å²) in [5.74, 6) is -0.909. The Balaban J connectivity index is 2.59. The van der Waals surface area contributed by atoms with Crippen LogP contribution in [0.3, 0.4) is 0 Å². The average Bonchev–Trinajstić information content (AvgIpc) is 2.18. The van der Waals surface area contributed by atoms with E-state index in [2.05, 4.69) is 5.16 Å². The molecule has 1 unspecified atom stereocenters.